The Morgan fingerprint density at radius 1 is 1.42 bits per heavy atom. The Morgan fingerprint density at radius 2 is 1.75 bits per heavy atom. The van der Waals surface area contributed by atoms with Gasteiger partial charge in [0, 0.05) is 47.8 Å². The van der Waals surface area contributed by atoms with Gasteiger partial charge in [-0.25, -0.2) is 0 Å². The van der Waals surface area contributed by atoms with Gasteiger partial charge in [-0.3, -0.25) is 11.3 Å². The summed E-state index contributed by atoms with van der Waals surface area (Å²) in [4.78, 5) is 9.94. The summed E-state index contributed by atoms with van der Waals surface area (Å²) in [5.74, 6) is 1.71. The summed E-state index contributed by atoms with van der Waals surface area (Å²) in [6, 6.07) is 0. The van der Waals surface area contributed by atoms with Crippen LogP contribution in [0.5, 0.6) is 0 Å². The first-order valence-corrected chi connectivity index (χ1v) is 2.78. The molecule has 0 unspecified atom stereocenters. The van der Waals surface area contributed by atoms with Crippen LogP contribution in [0.3, 0.4) is 0 Å². The van der Waals surface area contributed by atoms with Gasteiger partial charge in [0.2, 0.25) is 0 Å². The van der Waals surface area contributed by atoms with Crippen LogP contribution in [0, 0.1) is 18.9 Å². The van der Waals surface area contributed by atoms with Crippen LogP contribution in [0.15, 0.2) is 0 Å². The average Bonchev–Trinajstić information content (AvgIpc) is 1.88. The number of nitrogens with one attached hydrogen (secondary N) is 1. The van der Waals surface area contributed by atoms with Crippen LogP contribution in [0.2, 0.25) is 0 Å². The third-order valence-electron chi connectivity index (χ3n) is 0.348. The molecule has 0 aliphatic carbocycles. The smallest absolute Gasteiger partial charge is 0.191 e. The standard InChI is InChI=1S/C5H5NO.C2H6.2Re.Rf/c1-3-4-6-5(2)7;1-2;;;/h4H,2H3,(H,6,7);1-2H3;;;/q-2;;;;. The van der Waals surface area contributed by atoms with Crippen molar-refractivity contribution in [2.24, 2.45) is 0 Å². The van der Waals surface area contributed by atoms with Crippen molar-refractivity contribution in [2.45, 2.75) is 20.8 Å². The van der Waals surface area contributed by atoms with Gasteiger partial charge in [0.15, 0.2) is 5.91 Å². The van der Waals surface area contributed by atoms with E-state index in [0.717, 1.165) is 6.54 Å². The molecular weight excluding hydrogens is 753 g/mol. The molecule has 0 aliphatic heterocycles. The summed E-state index contributed by atoms with van der Waals surface area (Å²) in [6.07, 6.45) is 6.28. The first-order chi connectivity index (χ1) is 4.27. The number of hydrogen-bond acceptors (Lipinski definition) is 1. The first-order valence-electron chi connectivity index (χ1n) is 2.78. The molecule has 2 nitrogen and oxygen atoms in total. The van der Waals surface area contributed by atoms with Gasteiger partial charge < -0.3 is 17.7 Å². The molecule has 2 radical (unpaired) electrons. The zero-order valence-electron chi connectivity index (χ0n) is 7.45. The second-order valence-electron chi connectivity index (χ2n) is 0.989. The number of amides is 1. The van der Waals surface area contributed by atoms with Crippen LogP contribution >= 0.6 is 0 Å². The largest absolute Gasteiger partial charge is 0.727 e. The second-order valence-corrected chi connectivity index (χ2v) is 0.989. The zero-order chi connectivity index (χ0) is 7.70. The van der Waals surface area contributed by atoms with E-state index >= 15 is 0 Å². The molecule has 68 valence electrons. The quantitative estimate of drug-likeness (QED) is 0.313. The first kappa shape index (κ1) is 30.3. The molecule has 0 aromatic rings. The van der Waals surface area contributed by atoms with E-state index < -0.39 is 0 Å². The average molecular weight is 765 g/mol. The van der Waals surface area contributed by atoms with Crippen molar-refractivity contribution in [2.75, 3.05) is 0 Å². The van der Waals surface area contributed by atoms with E-state index in [1.165, 1.54) is 6.92 Å². The van der Waals surface area contributed by atoms with Crippen molar-refractivity contribution < 1.29 is 45.6 Å². The monoisotopic (exact) mass is 766 g/mol. The van der Waals surface area contributed by atoms with Gasteiger partial charge in [-0.05, 0) is 0 Å². The van der Waals surface area contributed by atoms with Crippen molar-refractivity contribution in [3.63, 3.8) is 0 Å². The Hall–Kier alpha value is -0.775. The third-order valence-corrected chi connectivity index (χ3v) is 0.348. The van der Waals surface area contributed by atoms with Crippen LogP contribution in [0.1, 0.15) is 20.8 Å². The van der Waals surface area contributed by atoms with Crippen molar-refractivity contribution >= 4 is 5.91 Å². The molecule has 1 N–H and O–H groups in total. The van der Waals surface area contributed by atoms with E-state index in [0.29, 0.717) is 0 Å². The predicted molar refractivity (Wildman–Crippen MR) is 36.6 cm³/mol. The molecular formula is C7H11NORe2Rf-2. The molecule has 0 fully saturated rings. The van der Waals surface area contributed by atoms with E-state index in [4.69, 9.17) is 6.42 Å². The summed E-state index contributed by atoms with van der Waals surface area (Å²) in [5.41, 5.74) is 0. The molecule has 0 spiro atoms. The van der Waals surface area contributed by atoms with Gasteiger partial charge in [-0.15, -0.1) is 0 Å². The fraction of sp³-hybridized carbons (Fsp3) is 0.429. The SMILES string of the molecule is CC.[C-]#C[CH-]NC(C)=O.[Re].[Re].[Rf]. The molecule has 0 saturated carbocycles. The maximum Gasteiger partial charge on any atom is 0.191 e. The number of hydrogen-bond donors (Lipinski definition) is 1. The van der Waals surface area contributed by atoms with Crippen molar-refractivity contribution in [3.8, 4) is 5.92 Å². The topological polar surface area (TPSA) is 29.1 Å². The van der Waals surface area contributed by atoms with Gasteiger partial charge in [0.1, 0.15) is 0 Å². The van der Waals surface area contributed by atoms with E-state index in [1.807, 2.05) is 19.8 Å². The zero-order valence-corrected chi connectivity index (χ0v) is 19.3. The molecule has 1 amide bonds. The molecule has 0 atom stereocenters. The summed E-state index contributed by atoms with van der Waals surface area (Å²) in [7, 11) is 0. The van der Waals surface area contributed by atoms with E-state index in [-0.39, 0.29) is 46.8 Å². The maximum absolute atomic E-state index is 9.94. The number of rotatable bonds is 1. The summed E-state index contributed by atoms with van der Waals surface area (Å²) < 4.78 is 0. The predicted octanol–water partition coefficient (Wildman–Crippen LogP) is 0.895. The molecule has 0 aromatic heterocycles. The summed E-state index contributed by atoms with van der Waals surface area (Å²) in [6.45, 7) is 6.51. The molecule has 5 heteroatoms. The van der Waals surface area contributed by atoms with E-state index in [1.54, 1.807) is 0 Å². The minimum atomic E-state index is -0.181. The van der Waals surface area contributed by atoms with Crippen LogP contribution in [-0.4, -0.2) is 5.91 Å². The molecule has 0 saturated heterocycles. The Kier molecular flexibility index (Phi) is 80.4. The van der Waals surface area contributed by atoms with Crippen molar-refractivity contribution in [1.29, 1.82) is 0 Å². The van der Waals surface area contributed by atoms with Crippen LogP contribution in [-0.2, 0) is 45.6 Å². The maximum atomic E-state index is 9.94. The van der Waals surface area contributed by atoms with E-state index in [9.17, 15) is 4.79 Å². The van der Waals surface area contributed by atoms with Gasteiger partial charge in [0.25, 0.3) is 0 Å². The number of carbonyl (C=O) groups is 1. The normalized spacial score (nSPS) is 4.17. The van der Waals surface area contributed by atoms with Crippen LogP contribution < -0.4 is 5.32 Å². The van der Waals surface area contributed by atoms with Gasteiger partial charge in [-0.1, -0.05) is 13.8 Å². The molecule has 0 rings (SSSR count). The minimum absolute atomic E-state index is 0. The van der Waals surface area contributed by atoms with Crippen molar-refractivity contribution in [1.82, 2.24) is 5.32 Å². The molecule has 0 bridgehead atoms. The van der Waals surface area contributed by atoms with Gasteiger partial charge in [0.05, 0.1) is 0 Å². The number of carbonyl (C=O) groups excluding carboxylic acids is 1. The van der Waals surface area contributed by atoms with Crippen LogP contribution in [0.25, 0.3) is 0 Å². The summed E-state index contributed by atoms with van der Waals surface area (Å²) >= 11 is 0. The fourth-order valence-corrected chi connectivity index (χ4v) is 0.138. The van der Waals surface area contributed by atoms with E-state index in [2.05, 4.69) is 5.32 Å². The second kappa shape index (κ2) is 31.9. The summed E-state index contributed by atoms with van der Waals surface area (Å²) in [5, 5.41) is 2.23. The van der Waals surface area contributed by atoms with Crippen LogP contribution in [0.4, 0.5) is 0 Å². The Balaban J connectivity index is -0.0000000303. The third kappa shape index (κ3) is 60.0. The van der Waals surface area contributed by atoms with Crippen molar-refractivity contribution in [3.05, 3.63) is 13.0 Å². The van der Waals surface area contributed by atoms with Gasteiger partial charge >= 0.3 is 0 Å². The Labute approximate surface area is 96.2 Å². The van der Waals surface area contributed by atoms with Gasteiger partial charge in [-0.2, -0.15) is 0 Å². The molecule has 0 aromatic carbocycles. The Morgan fingerprint density at radius 3 is 1.83 bits per heavy atom. The molecule has 0 aliphatic rings. The minimum Gasteiger partial charge on any atom is -0.727 e. The molecule has 12 heavy (non-hydrogen) atoms. The fourth-order valence-electron chi connectivity index (χ4n) is 0.138. The molecule has 0 heterocycles. The Bertz CT molecular complexity index is 114.